The third-order valence-electron chi connectivity index (χ3n) is 3.81. The van der Waals surface area contributed by atoms with Gasteiger partial charge in [0, 0.05) is 16.9 Å². The molecular formula is C16H16N2O3. The van der Waals surface area contributed by atoms with Crippen LogP contribution in [0.4, 0.5) is 0 Å². The molecule has 5 heteroatoms. The van der Waals surface area contributed by atoms with Crippen molar-refractivity contribution in [3.05, 3.63) is 47.5 Å². The number of hydrogen-bond acceptors (Lipinski definition) is 3. The molecule has 1 aromatic heterocycles. The van der Waals surface area contributed by atoms with E-state index in [1.807, 2.05) is 18.5 Å². The Bertz CT molecular complexity index is 686. The van der Waals surface area contributed by atoms with Crippen molar-refractivity contribution < 1.29 is 14.7 Å². The van der Waals surface area contributed by atoms with Crippen molar-refractivity contribution in [3.63, 3.8) is 0 Å². The average Bonchev–Trinajstić information content (AvgIpc) is 2.90. The molecule has 0 bridgehead atoms. The number of benzene rings is 1. The molecule has 1 aliphatic carbocycles. The number of carboxylic acids is 1. The van der Waals surface area contributed by atoms with E-state index in [9.17, 15) is 9.59 Å². The van der Waals surface area contributed by atoms with E-state index < -0.39 is 12.4 Å². The molecule has 0 radical (unpaired) electrons. The number of carboxylic acid groups (broad SMARTS) is 1. The summed E-state index contributed by atoms with van der Waals surface area (Å²) < 4.78 is 2.06. The molecule has 3 rings (SSSR count). The van der Waals surface area contributed by atoms with E-state index in [-0.39, 0.29) is 5.78 Å². The zero-order valence-electron chi connectivity index (χ0n) is 11.6. The molecule has 1 aromatic carbocycles. The first-order valence-electron chi connectivity index (χ1n) is 7.05. The van der Waals surface area contributed by atoms with Crippen LogP contribution in [0.3, 0.4) is 0 Å². The normalized spacial score (nSPS) is 13.7. The first-order valence-corrected chi connectivity index (χ1v) is 7.05. The number of hydrogen-bond donors (Lipinski definition) is 1. The van der Waals surface area contributed by atoms with Crippen molar-refractivity contribution in [1.29, 1.82) is 0 Å². The van der Waals surface area contributed by atoms with E-state index in [2.05, 4.69) is 9.55 Å². The quantitative estimate of drug-likeness (QED) is 0.691. The number of aryl methyl sites for hydroxylation is 1. The van der Waals surface area contributed by atoms with Crippen LogP contribution in [-0.2, 0) is 17.6 Å². The maximum absolute atomic E-state index is 11.7. The molecule has 0 amide bonds. The molecule has 0 atom stereocenters. The number of Topliss-reactive ketones (excluding diaryl/α,β-unsaturated/α-hetero) is 1. The summed E-state index contributed by atoms with van der Waals surface area (Å²) >= 11 is 0. The molecule has 21 heavy (non-hydrogen) atoms. The summed E-state index contributed by atoms with van der Waals surface area (Å²) in [6, 6.07) is 7.03. The highest BCUT2D eigenvalue weighted by molar-refractivity contribution is 6.05. The Kier molecular flexibility index (Phi) is 3.56. The van der Waals surface area contributed by atoms with Crippen LogP contribution in [0.2, 0.25) is 0 Å². The summed E-state index contributed by atoms with van der Waals surface area (Å²) in [4.78, 5) is 26.7. The van der Waals surface area contributed by atoms with Crippen LogP contribution in [0.5, 0.6) is 0 Å². The third-order valence-corrected chi connectivity index (χ3v) is 3.81. The van der Waals surface area contributed by atoms with Crippen LogP contribution in [-0.4, -0.2) is 26.4 Å². The van der Waals surface area contributed by atoms with Crippen molar-refractivity contribution in [1.82, 2.24) is 9.55 Å². The van der Waals surface area contributed by atoms with Gasteiger partial charge >= 0.3 is 5.97 Å². The number of carbonyl (C=O) groups excluding carboxylic acids is 1. The first-order chi connectivity index (χ1) is 10.1. The molecule has 0 saturated heterocycles. The Labute approximate surface area is 122 Å². The lowest BCUT2D eigenvalue weighted by Crippen LogP contribution is -2.08. The van der Waals surface area contributed by atoms with Crippen molar-refractivity contribution in [2.24, 2.45) is 0 Å². The van der Waals surface area contributed by atoms with Crippen molar-refractivity contribution in [2.75, 3.05) is 0 Å². The van der Waals surface area contributed by atoms with Gasteiger partial charge in [-0.05, 0) is 49.9 Å². The fraction of sp³-hybridized carbons (Fsp3) is 0.312. The van der Waals surface area contributed by atoms with Crippen LogP contribution in [0, 0.1) is 0 Å². The lowest BCUT2D eigenvalue weighted by atomic mass is 10.0. The van der Waals surface area contributed by atoms with Gasteiger partial charge in [0.25, 0.3) is 0 Å². The molecule has 1 N–H and O–H groups in total. The summed E-state index contributed by atoms with van der Waals surface area (Å²) in [6.07, 6.45) is 5.76. The minimum atomic E-state index is -1.10. The van der Waals surface area contributed by atoms with Crippen molar-refractivity contribution in [2.45, 2.75) is 32.1 Å². The Morgan fingerprint density at radius 3 is 2.57 bits per heavy atom. The highest BCUT2D eigenvalue weighted by Crippen LogP contribution is 2.23. The van der Waals surface area contributed by atoms with Gasteiger partial charge in [0.1, 0.15) is 6.42 Å². The van der Waals surface area contributed by atoms with E-state index in [0.29, 0.717) is 5.56 Å². The van der Waals surface area contributed by atoms with E-state index in [4.69, 9.17) is 5.11 Å². The molecule has 1 heterocycles. The molecule has 108 valence electrons. The zero-order chi connectivity index (χ0) is 14.8. The molecule has 0 aliphatic heterocycles. The monoisotopic (exact) mass is 284 g/mol. The maximum Gasteiger partial charge on any atom is 0.311 e. The van der Waals surface area contributed by atoms with E-state index in [0.717, 1.165) is 24.2 Å². The number of nitrogens with zero attached hydrogens (tertiary/aromatic N) is 2. The lowest BCUT2D eigenvalue weighted by molar-refractivity contribution is -0.135. The lowest BCUT2D eigenvalue weighted by Gasteiger charge is -2.14. The second kappa shape index (κ2) is 5.52. The van der Waals surface area contributed by atoms with Gasteiger partial charge < -0.3 is 9.67 Å². The number of carbonyl (C=O) groups is 2. The van der Waals surface area contributed by atoms with Crippen molar-refractivity contribution >= 4 is 11.8 Å². The van der Waals surface area contributed by atoms with Gasteiger partial charge in [-0.3, -0.25) is 9.59 Å². The number of aliphatic carboxylic acids is 1. The van der Waals surface area contributed by atoms with Gasteiger partial charge in [0.15, 0.2) is 5.78 Å². The van der Waals surface area contributed by atoms with Gasteiger partial charge in [-0.2, -0.15) is 0 Å². The largest absolute Gasteiger partial charge is 0.481 e. The predicted molar refractivity (Wildman–Crippen MR) is 76.8 cm³/mol. The van der Waals surface area contributed by atoms with Crippen molar-refractivity contribution in [3.8, 4) is 5.69 Å². The smallest absolute Gasteiger partial charge is 0.311 e. The van der Waals surface area contributed by atoms with E-state index in [1.165, 1.54) is 18.5 Å². The Morgan fingerprint density at radius 2 is 1.86 bits per heavy atom. The Hall–Kier alpha value is -2.43. The SMILES string of the molecule is O=C(O)CC(=O)c1ccc(-n2cnc3c2CCCC3)cc1. The predicted octanol–water partition coefficient (Wildman–Crippen LogP) is 2.41. The number of fused-ring (bicyclic) bond motifs is 1. The second-order valence-electron chi connectivity index (χ2n) is 5.26. The van der Waals surface area contributed by atoms with Gasteiger partial charge in [-0.15, -0.1) is 0 Å². The van der Waals surface area contributed by atoms with Crippen LogP contribution >= 0.6 is 0 Å². The minimum Gasteiger partial charge on any atom is -0.481 e. The van der Waals surface area contributed by atoms with Crippen LogP contribution in [0.15, 0.2) is 30.6 Å². The highest BCUT2D eigenvalue weighted by atomic mass is 16.4. The fourth-order valence-corrected chi connectivity index (χ4v) is 2.74. The van der Waals surface area contributed by atoms with Gasteiger partial charge in [-0.25, -0.2) is 4.98 Å². The van der Waals surface area contributed by atoms with Gasteiger partial charge in [-0.1, -0.05) is 0 Å². The van der Waals surface area contributed by atoms with Crippen LogP contribution in [0.25, 0.3) is 5.69 Å². The summed E-state index contributed by atoms with van der Waals surface area (Å²) in [5, 5.41) is 8.65. The molecule has 0 spiro atoms. The summed E-state index contributed by atoms with van der Waals surface area (Å²) in [5.74, 6) is -1.48. The second-order valence-corrected chi connectivity index (χ2v) is 5.26. The van der Waals surface area contributed by atoms with Gasteiger partial charge in [0.05, 0.1) is 12.0 Å². The zero-order valence-corrected chi connectivity index (χ0v) is 11.6. The average molecular weight is 284 g/mol. The molecule has 1 aliphatic rings. The molecule has 0 unspecified atom stereocenters. The molecule has 0 fully saturated rings. The topological polar surface area (TPSA) is 72.2 Å². The third kappa shape index (κ3) is 2.72. The number of aromatic nitrogens is 2. The minimum absolute atomic E-state index is 0.373. The number of imidazole rings is 1. The summed E-state index contributed by atoms with van der Waals surface area (Å²) in [6.45, 7) is 0. The van der Waals surface area contributed by atoms with E-state index >= 15 is 0 Å². The highest BCUT2D eigenvalue weighted by Gasteiger charge is 2.16. The number of rotatable bonds is 4. The molecule has 5 nitrogen and oxygen atoms in total. The summed E-state index contributed by atoms with van der Waals surface area (Å²) in [7, 11) is 0. The van der Waals surface area contributed by atoms with E-state index in [1.54, 1.807) is 12.1 Å². The maximum atomic E-state index is 11.7. The number of ketones is 1. The summed E-state index contributed by atoms with van der Waals surface area (Å²) in [5.41, 5.74) is 3.78. The molecular weight excluding hydrogens is 268 g/mol. The Balaban J connectivity index is 1.86. The van der Waals surface area contributed by atoms with Crippen LogP contribution in [0.1, 0.15) is 41.0 Å². The fourth-order valence-electron chi connectivity index (χ4n) is 2.74. The van der Waals surface area contributed by atoms with Crippen LogP contribution < -0.4 is 0 Å². The molecule has 0 saturated carbocycles. The first kappa shape index (κ1) is 13.5. The molecule has 2 aromatic rings. The standard InChI is InChI=1S/C16H16N2O3/c19-15(9-16(20)21)11-5-7-12(8-6-11)18-10-17-13-3-1-2-4-14(13)18/h5-8,10H,1-4,9H2,(H,20,21). The Morgan fingerprint density at radius 1 is 1.14 bits per heavy atom. The van der Waals surface area contributed by atoms with Gasteiger partial charge in [0.2, 0.25) is 0 Å².